The lowest BCUT2D eigenvalue weighted by Crippen LogP contribution is -2.46. The Morgan fingerprint density at radius 3 is 2.56 bits per heavy atom. The van der Waals surface area contributed by atoms with Crippen molar-refractivity contribution in [3.05, 3.63) is 29.3 Å². The van der Waals surface area contributed by atoms with Gasteiger partial charge in [0.05, 0.1) is 0 Å². The van der Waals surface area contributed by atoms with Crippen molar-refractivity contribution in [1.29, 1.82) is 0 Å². The van der Waals surface area contributed by atoms with Crippen molar-refractivity contribution in [2.45, 2.75) is 38.7 Å². The molecule has 0 bridgehead atoms. The second-order valence-corrected chi connectivity index (χ2v) is 4.86. The number of rotatable bonds is 1. The molecule has 1 atom stereocenters. The molecule has 1 heterocycles. The molecule has 5 heteroatoms. The van der Waals surface area contributed by atoms with E-state index in [1.807, 2.05) is 0 Å². The third-order valence-electron chi connectivity index (χ3n) is 3.46. The lowest BCUT2D eigenvalue weighted by atomic mass is 9.98. The summed E-state index contributed by atoms with van der Waals surface area (Å²) in [5.74, 6) is -4.48. The van der Waals surface area contributed by atoms with Crippen molar-refractivity contribution >= 4 is 5.69 Å². The minimum Gasteiger partial charge on any atom is -0.368 e. The Kier molecular flexibility index (Phi) is 3.25. The zero-order valence-electron chi connectivity index (χ0n) is 10.3. The van der Waals surface area contributed by atoms with Crippen LogP contribution in [0.1, 0.15) is 25.3 Å². The molecule has 0 aliphatic carbocycles. The second kappa shape index (κ2) is 4.44. The molecule has 0 N–H and O–H groups in total. The third-order valence-corrected chi connectivity index (χ3v) is 3.46. The van der Waals surface area contributed by atoms with Crippen molar-refractivity contribution in [1.82, 2.24) is 0 Å². The van der Waals surface area contributed by atoms with E-state index in [0.717, 1.165) is 6.07 Å². The molecule has 2 rings (SSSR count). The van der Waals surface area contributed by atoms with Gasteiger partial charge in [0.2, 0.25) is 0 Å². The van der Waals surface area contributed by atoms with Crippen LogP contribution in [0.2, 0.25) is 0 Å². The van der Waals surface area contributed by atoms with Gasteiger partial charge in [0.1, 0.15) is 0 Å². The number of hydrogen-bond donors (Lipinski definition) is 0. The van der Waals surface area contributed by atoms with Crippen LogP contribution in [0, 0.1) is 18.6 Å². The van der Waals surface area contributed by atoms with E-state index in [-0.39, 0.29) is 24.9 Å². The van der Waals surface area contributed by atoms with Gasteiger partial charge in [-0.05, 0) is 26.0 Å². The standard InChI is InChI=1S/C13H15F4N/c1-8-7-13(16,17)5-6-18(8)11-4-3-10(14)12(15)9(11)2/h3-4,8H,5-7H2,1-2H3. The van der Waals surface area contributed by atoms with Crippen molar-refractivity contribution < 1.29 is 17.6 Å². The first-order valence-corrected chi connectivity index (χ1v) is 5.91. The summed E-state index contributed by atoms with van der Waals surface area (Å²) in [6.45, 7) is 3.29. The first kappa shape index (κ1) is 13.2. The normalized spacial score (nSPS) is 23.2. The summed E-state index contributed by atoms with van der Waals surface area (Å²) in [6.07, 6.45) is -0.513. The first-order chi connectivity index (χ1) is 8.32. The van der Waals surface area contributed by atoms with E-state index < -0.39 is 23.6 Å². The maximum absolute atomic E-state index is 13.5. The quantitative estimate of drug-likeness (QED) is 0.693. The highest BCUT2D eigenvalue weighted by atomic mass is 19.3. The number of halogens is 4. The van der Waals surface area contributed by atoms with Crippen molar-refractivity contribution in [3.63, 3.8) is 0 Å². The molecule has 1 aromatic rings. The molecule has 0 aromatic heterocycles. The fraction of sp³-hybridized carbons (Fsp3) is 0.538. The van der Waals surface area contributed by atoms with Gasteiger partial charge in [-0.25, -0.2) is 17.6 Å². The maximum Gasteiger partial charge on any atom is 0.251 e. The molecule has 100 valence electrons. The van der Waals surface area contributed by atoms with Gasteiger partial charge in [0.25, 0.3) is 5.92 Å². The molecule has 0 radical (unpaired) electrons. The molecular formula is C13H15F4N. The Balaban J connectivity index is 2.31. The van der Waals surface area contributed by atoms with E-state index >= 15 is 0 Å². The van der Waals surface area contributed by atoms with E-state index in [0.29, 0.717) is 5.69 Å². The molecule has 1 aliphatic rings. The number of hydrogen-bond acceptors (Lipinski definition) is 1. The summed E-state index contributed by atoms with van der Waals surface area (Å²) in [7, 11) is 0. The van der Waals surface area contributed by atoms with Crippen LogP contribution in [0.15, 0.2) is 12.1 Å². The van der Waals surface area contributed by atoms with Gasteiger partial charge in [0.15, 0.2) is 11.6 Å². The predicted octanol–water partition coefficient (Wildman–Crippen LogP) is 3.90. The molecule has 1 fully saturated rings. The maximum atomic E-state index is 13.5. The van der Waals surface area contributed by atoms with Gasteiger partial charge in [-0.15, -0.1) is 0 Å². The van der Waals surface area contributed by atoms with Crippen LogP contribution in [-0.4, -0.2) is 18.5 Å². The fourth-order valence-electron chi connectivity index (χ4n) is 2.46. The molecule has 0 saturated carbocycles. The Morgan fingerprint density at radius 2 is 1.94 bits per heavy atom. The molecule has 1 unspecified atom stereocenters. The van der Waals surface area contributed by atoms with Gasteiger partial charge in [-0.3, -0.25) is 0 Å². The summed E-state index contributed by atoms with van der Waals surface area (Å²) in [4.78, 5) is 1.72. The molecule has 1 aliphatic heterocycles. The Labute approximate surface area is 103 Å². The zero-order valence-corrected chi connectivity index (χ0v) is 10.3. The minimum absolute atomic E-state index is 0.153. The number of benzene rings is 1. The highest BCUT2D eigenvalue weighted by Crippen LogP contribution is 2.36. The lowest BCUT2D eigenvalue weighted by Gasteiger charge is -2.39. The number of anilines is 1. The van der Waals surface area contributed by atoms with Gasteiger partial charge in [0, 0.05) is 36.7 Å². The van der Waals surface area contributed by atoms with E-state index in [2.05, 4.69) is 0 Å². The average molecular weight is 261 g/mol. The van der Waals surface area contributed by atoms with Gasteiger partial charge < -0.3 is 4.90 Å². The van der Waals surface area contributed by atoms with Gasteiger partial charge in [-0.2, -0.15) is 0 Å². The molecule has 18 heavy (non-hydrogen) atoms. The van der Waals surface area contributed by atoms with Crippen LogP contribution >= 0.6 is 0 Å². The van der Waals surface area contributed by atoms with Crippen LogP contribution in [0.3, 0.4) is 0 Å². The van der Waals surface area contributed by atoms with Crippen LogP contribution in [0.4, 0.5) is 23.2 Å². The second-order valence-electron chi connectivity index (χ2n) is 4.86. The number of alkyl halides is 2. The van der Waals surface area contributed by atoms with Gasteiger partial charge >= 0.3 is 0 Å². The predicted molar refractivity (Wildman–Crippen MR) is 62.1 cm³/mol. The number of nitrogens with zero attached hydrogens (tertiary/aromatic N) is 1. The zero-order chi connectivity index (χ0) is 13.5. The van der Waals surface area contributed by atoms with Crippen molar-refractivity contribution in [2.75, 3.05) is 11.4 Å². The first-order valence-electron chi connectivity index (χ1n) is 5.91. The van der Waals surface area contributed by atoms with E-state index in [1.54, 1.807) is 11.8 Å². The summed E-state index contributed by atoms with van der Waals surface area (Å²) in [5.41, 5.74) is 0.670. The van der Waals surface area contributed by atoms with Crippen molar-refractivity contribution in [2.24, 2.45) is 0 Å². The molecule has 0 amide bonds. The fourth-order valence-corrected chi connectivity index (χ4v) is 2.46. The Hall–Kier alpha value is -1.26. The summed E-state index contributed by atoms with van der Waals surface area (Å²) in [5, 5.41) is 0. The topological polar surface area (TPSA) is 3.24 Å². The molecule has 1 aromatic carbocycles. The highest BCUT2D eigenvalue weighted by molar-refractivity contribution is 5.55. The Morgan fingerprint density at radius 1 is 1.28 bits per heavy atom. The van der Waals surface area contributed by atoms with Gasteiger partial charge in [-0.1, -0.05) is 0 Å². The summed E-state index contributed by atoms with van der Waals surface area (Å²) >= 11 is 0. The molecule has 1 saturated heterocycles. The third kappa shape index (κ3) is 2.31. The monoisotopic (exact) mass is 261 g/mol. The van der Waals surface area contributed by atoms with E-state index in [9.17, 15) is 17.6 Å². The van der Waals surface area contributed by atoms with Crippen molar-refractivity contribution in [3.8, 4) is 0 Å². The van der Waals surface area contributed by atoms with Crippen LogP contribution in [0.25, 0.3) is 0 Å². The minimum atomic E-state index is -2.66. The largest absolute Gasteiger partial charge is 0.368 e. The SMILES string of the molecule is Cc1c(N2CCC(F)(F)CC2C)ccc(F)c1F. The molecular weight excluding hydrogens is 246 g/mol. The smallest absolute Gasteiger partial charge is 0.251 e. The van der Waals surface area contributed by atoms with Crippen LogP contribution in [-0.2, 0) is 0 Å². The van der Waals surface area contributed by atoms with Crippen LogP contribution in [0.5, 0.6) is 0 Å². The molecule has 0 spiro atoms. The average Bonchev–Trinajstić information content (AvgIpc) is 2.27. The number of piperidine rings is 1. The highest BCUT2D eigenvalue weighted by Gasteiger charge is 2.38. The van der Waals surface area contributed by atoms with E-state index in [1.165, 1.54) is 13.0 Å². The van der Waals surface area contributed by atoms with E-state index in [4.69, 9.17) is 0 Å². The summed E-state index contributed by atoms with van der Waals surface area (Å²) < 4.78 is 53.0. The van der Waals surface area contributed by atoms with Crippen LogP contribution < -0.4 is 4.90 Å². The Bertz CT molecular complexity index is 459. The lowest BCUT2D eigenvalue weighted by molar-refractivity contribution is -0.0318. The molecule has 1 nitrogen and oxygen atoms in total. The summed E-state index contributed by atoms with van der Waals surface area (Å²) in [6, 6.07) is 2.10.